The van der Waals surface area contributed by atoms with Gasteiger partial charge in [0.25, 0.3) is 0 Å². The summed E-state index contributed by atoms with van der Waals surface area (Å²) in [5.74, 6) is 0.675. The third kappa shape index (κ3) is 2.24. The van der Waals surface area contributed by atoms with Crippen LogP contribution in [0.2, 0.25) is 0 Å². The molecule has 1 spiro atoms. The zero-order chi connectivity index (χ0) is 8.66. The SMILES string of the molecule is Cl.O=S1(=O)CCC2(C=CCN2)CC1. The molecule has 0 saturated carbocycles. The lowest BCUT2D eigenvalue weighted by Gasteiger charge is -2.32. The van der Waals surface area contributed by atoms with Crippen LogP contribution in [0.1, 0.15) is 12.8 Å². The van der Waals surface area contributed by atoms with Gasteiger partial charge >= 0.3 is 0 Å². The third-order valence-corrected chi connectivity index (χ3v) is 4.38. The summed E-state index contributed by atoms with van der Waals surface area (Å²) in [5.41, 5.74) is 0.0192. The molecule has 0 bridgehead atoms. The largest absolute Gasteiger partial charge is 0.304 e. The standard InChI is InChI=1S/C8H13NO2S.ClH/c10-12(11)6-3-8(4-7-12)2-1-5-9-8;/h1-2,9H,3-7H2;1H. The number of hydrogen-bond acceptors (Lipinski definition) is 3. The lowest BCUT2D eigenvalue weighted by molar-refractivity contribution is 0.399. The van der Waals surface area contributed by atoms with Crippen molar-refractivity contribution in [1.29, 1.82) is 0 Å². The molecular weight excluding hydrogens is 210 g/mol. The van der Waals surface area contributed by atoms with Gasteiger partial charge in [-0.3, -0.25) is 0 Å². The molecule has 0 radical (unpaired) electrons. The Kier molecular flexibility index (Phi) is 3.05. The van der Waals surface area contributed by atoms with E-state index in [1.165, 1.54) is 0 Å². The molecule has 0 aromatic carbocycles. The van der Waals surface area contributed by atoms with Gasteiger partial charge in [0, 0.05) is 12.1 Å². The molecule has 1 N–H and O–H groups in total. The van der Waals surface area contributed by atoms with Crippen LogP contribution in [-0.2, 0) is 9.84 Å². The second-order valence-corrected chi connectivity index (χ2v) is 5.89. The molecule has 0 amide bonds. The first-order valence-electron chi connectivity index (χ1n) is 4.25. The van der Waals surface area contributed by atoms with Crippen LogP contribution in [0.3, 0.4) is 0 Å². The van der Waals surface area contributed by atoms with Crippen LogP contribution in [0.25, 0.3) is 0 Å². The highest BCUT2D eigenvalue weighted by Gasteiger charge is 2.36. The second kappa shape index (κ2) is 3.59. The fourth-order valence-corrected chi connectivity index (χ4v) is 3.41. The summed E-state index contributed by atoms with van der Waals surface area (Å²) in [6.45, 7) is 0.889. The highest BCUT2D eigenvalue weighted by Crippen LogP contribution is 2.27. The van der Waals surface area contributed by atoms with Crippen molar-refractivity contribution in [3.05, 3.63) is 12.2 Å². The van der Waals surface area contributed by atoms with Crippen LogP contribution in [0, 0.1) is 0 Å². The summed E-state index contributed by atoms with van der Waals surface area (Å²) in [6.07, 6.45) is 5.69. The molecule has 2 aliphatic heterocycles. The predicted molar refractivity (Wildman–Crippen MR) is 55.0 cm³/mol. The third-order valence-electron chi connectivity index (χ3n) is 2.73. The van der Waals surface area contributed by atoms with Crippen molar-refractivity contribution >= 4 is 22.2 Å². The fraction of sp³-hybridized carbons (Fsp3) is 0.750. The van der Waals surface area contributed by atoms with Crippen LogP contribution in [0.15, 0.2) is 12.2 Å². The summed E-state index contributed by atoms with van der Waals surface area (Å²) in [4.78, 5) is 0. The molecule has 0 aromatic rings. The minimum Gasteiger partial charge on any atom is -0.304 e. The van der Waals surface area contributed by atoms with E-state index in [2.05, 4.69) is 17.5 Å². The van der Waals surface area contributed by atoms with E-state index in [4.69, 9.17) is 0 Å². The van der Waals surface area contributed by atoms with Gasteiger partial charge in [-0.25, -0.2) is 8.42 Å². The molecule has 2 aliphatic rings. The van der Waals surface area contributed by atoms with Crippen molar-refractivity contribution in [3.8, 4) is 0 Å². The molecule has 5 heteroatoms. The van der Waals surface area contributed by atoms with Gasteiger partial charge in [0.1, 0.15) is 9.84 Å². The number of nitrogens with one attached hydrogen (secondary N) is 1. The number of hydrogen-bond donors (Lipinski definition) is 1. The minimum absolute atomic E-state index is 0. The molecule has 0 unspecified atom stereocenters. The molecule has 2 rings (SSSR count). The average molecular weight is 224 g/mol. The second-order valence-electron chi connectivity index (χ2n) is 3.59. The van der Waals surface area contributed by atoms with Crippen molar-refractivity contribution in [2.24, 2.45) is 0 Å². The van der Waals surface area contributed by atoms with E-state index in [9.17, 15) is 8.42 Å². The zero-order valence-electron chi connectivity index (χ0n) is 7.32. The number of halogens is 1. The zero-order valence-corrected chi connectivity index (χ0v) is 8.96. The molecule has 3 nitrogen and oxygen atoms in total. The van der Waals surface area contributed by atoms with Crippen molar-refractivity contribution in [2.45, 2.75) is 18.4 Å². The molecule has 0 atom stereocenters. The van der Waals surface area contributed by atoms with E-state index in [0.717, 1.165) is 19.4 Å². The molecular formula is C8H14ClNO2S. The monoisotopic (exact) mass is 223 g/mol. The Morgan fingerprint density at radius 2 is 1.85 bits per heavy atom. The van der Waals surface area contributed by atoms with Crippen molar-refractivity contribution < 1.29 is 8.42 Å². The summed E-state index contributed by atoms with van der Waals surface area (Å²) in [5, 5.41) is 3.33. The van der Waals surface area contributed by atoms with Gasteiger partial charge in [-0.05, 0) is 12.8 Å². The maximum atomic E-state index is 11.1. The van der Waals surface area contributed by atoms with E-state index in [1.807, 2.05) is 0 Å². The van der Waals surface area contributed by atoms with Crippen LogP contribution in [-0.4, -0.2) is 32.0 Å². The molecule has 1 fully saturated rings. The maximum Gasteiger partial charge on any atom is 0.150 e. The smallest absolute Gasteiger partial charge is 0.150 e. The van der Waals surface area contributed by atoms with Crippen LogP contribution < -0.4 is 5.32 Å². The van der Waals surface area contributed by atoms with Crippen molar-refractivity contribution in [1.82, 2.24) is 5.32 Å². The lowest BCUT2D eigenvalue weighted by Crippen LogP contribution is -2.46. The van der Waals surface area contributed by atoms with E-state index in [-0.39, 0.29) is 17.9 Å². The van der Waals surface area contributed by atoms with E-state index in [1.54, 1.807) is 0 Å². The number of rotatable bonds is 0. The van der Waals surface area contributed by atoms with Crippen LogP contribution in [0.4, 0.5) is 0 Å². The summed E-state index contributed by atoms with van der Waals surface area (Å²) in [6, 6.07) is 0. The van der Waals surface area contributed by atoms with E-state index >= 15 is 0 Å². The first kappa shape index (κ1) is 11.0. The van der Waals surface area contributed by atoms with Gasteiger partial charge in [0.2, 0.25) is 0 Å². The topological polar surface area (TPSA) is 46.2 Å². The Hall–Kier alpha value is -0.0600. The molecule has 2 heterocycles. The average Bonchev–Trinajstić information content (AvgIpc) is 2.46. The first-order valence-corrected chi connectivity index (χ1v) is 6.07. The summed E-state index contributed by atoms with van der Waals surface area (Å²) < 4.78 is 22.3. The first-order chi connectivity index (χ1) is 5.62. The molecule has 0 aromatic heterocycles. The normalized spacial score (nSPS) is 28.6. The van der Waals surface area contributed by atoms with Crippen molar-refractivity contribution in [3.63, 3.8) is 0 Å². The quantitative estimate of drug-likeness (QED) is 0.609. The van der Waals surface area contributed by atoms with Gasteiger partial charge in [0.15, 0.2) is 0 Å². The fourth-order valence-electron chi connectivity index (χ4n) is 1.85. The van der Waals surface area contributed by atoms with Gasteiger partial charge < -0.3 is 5.32 Å². The Labute approximate surface area is 84.9 Å². The molecule has 1 saturated heterocycles. The summed E-state index contributed by atoms with van der Waals surface area (Å²) >= 11 is 0. The van der Waals surface area contributed by atoms with Gasteiger partial charge in [-0.15, -0.1) is 12.4 Å². The van der Waals surface area contributed by atoms with Gasteiger partial charge in [-0.1, -0.05) is 12.2 Å². The summed E-state index contributed by atoms with van der Waals surface area (Å²) in [7, 11) is -2.72. The Bertz CT molecular complexity index is 296. The van der Waals surface area contributed by atoms with E-state index < -0.39 is 9.84 Å². The van der Waals surface area contributed by atoms with Crippen molar-refractivity contribution in [2.75, 3.05) is 18.1 Å². The van der Waals surface area contributed by atoms with E-state index in [0.29, 0.717) is 11.5 Å². The Morgan fingerprint density at radius 1 is 1.23 bits per heavy atom. The minimum atomic E-state index is -2.72. The predicted octanol–water partition coefficient (Wildman–Crippen LogP) is 0.515. The highest BCUT2D eigenvalue weighted by molar-refractivity contribution is 7.91. The van der Waals surface area contributed by atoms with Gasteiger partial charge in [0.05, 0.1) is 11.5 Å². The Balaban J connectivity index is 0.000000845. The van der Waals surface area contributed by atoms with Gasteiger partial charge in [-0.2, -0.15) is 0 Å². The van der Waals surface area contributed by atoms with Crippen LogP contribution in [0.5, 0.6) is 0 Å². The highest BCUT2D eigenvalue weighted by atomic mass is 35.5. The maximum absolute atomic E-state index is 11.1. The lowest BCUT2D eigenvalue weighted by atomic mass is 9.94. The number of sulfone groups is 1. The Morgan fingerprint density at radius 3 is 2.31 bits per heavy atom. The molecule has 76 valence electrons. The van der Waals surface area contributed by atoms with Crippen LogP contribution >= 0.6 is 12.4 Å². The molecule has 13 heavy (non-hydrogen) atoms. The molecule has 0 aliphatic carbocycles.